The summed E-state index contributed by atoms with van der Waals surface area (Å²) in [4.78, 5) is 15.0. The van der Waals surface area contributed by atoms with Gasteiger partial charge in [0.15, 0.2) is 0 Å². The minimum atomic E-state index is -0.821. The van der Waals surface area contributed by atoms with Crippen molar-refractivity contribution in [3.63, 3.8) is 0 Å². The molecule has 1 N–H and O–H groups in total. The van der Waals surface area contributed by atoms with Gasteiger partial charge in [0.1, 0.15) is 10.8 Å². The standard InChI is InChI=1S/C13H12ClNO3S/c1-18-11-6-8(14)2-4-10(11)13-15-9(7-19-13)3-5-12(16)17/h2,4,6-7H,3,5H2,1H3,(H,16,17). The van der Waals surface area contributed by atoms with E-state index in [4.69, 9.17) is 21.4 Å². The molecular weight excluding hydrogens is 286 g/mol. The number of hydrogen-bond donors (Lipinski definition) is 1. The van der Waals surface area contributed by atoms with Crippen LogP contribution in [0.15, 0.2) is 23.6 Å². The zero-order valence-corrected chi connectivity index (χ0v) is 11.8. The second-order valence-electron chi connectivity index (χ2n) is 3.88. The maximum Gasteiger partial charge on any atom is 0.303 e. The fraction of sp³-hybridized carbons (Fsp3) is 0.231. The van der Waals surface area contributed by atoms with Gasteiger partial charge in [0.2, 0.25) is 0 Å². The van der Waals surface area contributed by atoms with Gasteiger partial charge in [0.05, 0.1) is 24.8 Å². The molecule has 100 valence electrons. The van der Waals surface area contributed by atoms with Crippen LogP contribution in [0.2, 0.25) is 5.02 Å². The summed E-state index contributed by atoms with van der Waals surface area (Å²) in [5, 5.41) is 11.9. The molecule has 0 unspecified atom stereocenters. The third kappa shape index (κ3) is 3.45. The molecule has 2 rings (SSSR count). The van der Waals surface area contributed by atoms with Crippen LogP contribution >= 0.6 is 22.9 Å². The molecule has 4 nitrogen and oxygen atoms in total. The average molecular weight is 298 g/mol. The van der Waals surface area contributed by atoms with Crippen molar-refractivity contribution in [2.45, 2.75) is 12.8 Å². The van der Waals surface area contributed by atoms with E-state index < -0.39 is 5.97 Å². The molecule has 0 radical (unpaired) electrons. The highest BCUT2D eigenvalue weighted by molar-refractivity contribution is 7.13. The fourth-order valence-corrected chi connectivity index (χ4v) is 2.67. The van der Waals surface area contributed by atoms with Gasteiger partial charge in [-0.25, -0.2) is 4.98 Å². The van der Waals surface area contributed by atoms with E-state index in [0.29, 0.717) is 17.2 Å². The molecule has 0 fully saturated rings. The minimum absolute atomic E-state index is 0.0843. The number of carboxylic acids is 1. The Hall–Kier alpha value is -1.59. The largest absolute Gasteiger partial charge is 0.496 e. The summed E-state index contributed by atoms with van der Waals surface area (Å²) < 4.78 is 5.28. The van der Waals surface area contributed by atoms with Crippen molar-refractivity contribution in [3.05, 3.63) is 34.3 Å². The lowest BCUT2D eigenvalue weighted by molar-refractivity contribution is -0.136. The summed E-state index contributed by atoms with van der Waals surface area (Å²) in [6, 6.07) is 5.36. The second kappa shape index (κ2) is 6.04. The first-order chi connectivity index (χ1) is 9.10. The second-order valence-corrected chi connectivity index (χ2v) is 5.18. The molecule has 0 spiro atoms. The number of aryl methyl sites for hydroxylation is 1. The normalized spacial score (nSPS) is 10.4. The molecule has 0 saturated heterocycles. The van der Waals surface area contributed by atoms with Gasteiger partial charge in [-0.2, -0.15) is 0 Å². The Morgan fingerprint density at radius 3 is 3.00 bits per heavy atom. The first-order valence-corrected chi connectivity index (χ1v) is 6.86. The van der Waals surface area contributed by atoms with Crippen molar-refractivity contribution in [1.29, 1.82) is 0 Å². The summed E-state index contributed by atoms with van der Waals surface area (Å²) in [7, 11) is 1.58. The lowest BCUT2D eigenvalue weighted by atomic mass is 10.2. The molecule has 0 aliphatic heterocycles. The van der Waals surface area contributed by atoms with E-state index in [0.717, 1.165) is 16.3 Å². The quantitative estimate of drug-likeness (QED) is 0.918. The van der Waals surface area contributed by atoms with E-state index in [9.17, 15) is 4.79 Å². The fourth-order valence-electron chi connectivity index (χ4n) is 1.62. The zero-order valence-electron chi connectivity index (χ0n) is 10.2. The van der Waals surface area contributed by atoms with Crippen LogP contribution < -0.4 is 4.74 Å². The number of carbonyl (C=O) groups is 1. The lowest BCUT2D eigenvalue weighted by Gasteiger charge is -2.05. The van der Waals surface area contributed by atoms with E-state index in [1.54, 1.807) is 19.2 Å². The van der Waals surface area contributed by atoms with Gasteiger partial charge in [-0.15, -0.1) is 11.3 Å². The van der Waals surface area contributed by atoms with E-state index in [1.807, 2.05) is 11.4 Å². The minimum Gasteiger partial charge on any atom is -0.496 e. The Balaban J connectivity index is 2.25. The number of hydrogen-bond acceptors (Lipinski definition) is 4. The van der Waals surface area contributed by atoms with Crippen molar-refractivity contribution < 1.29 is 14.6 Å². The summed E-state index contributed by atoms with van der Waals surface area (Å²) >= 11 is 7.37. The maximum absolute atomic E-state index is 10.5. The van der Waals surface area contributed by atoms with Gasteiger partial charge in [0.25, 0.3) is 0 Å². The number of aromatic nitrogens is 1. The molecule has 6 heteroatoms. The highest BCUT2D eigenvalue weighted by Gasteiger charge is 2.11. The van der Waals surface area contributed by atoms with Crippen molar-refractivity contribution >= 4 is 28.9 Å². The van der Waals surface area contributed by atoms with Gasteiger partial charge in [0, 0.05) is 16.8 Å². The lowest BCUT2D eigenvalue weighted by Crippen LogP contribution is -1.97. The molecule has 0 aliphatic carbocycles. The molecule has 0 aliphatic rings. The van der Waals surface area contributed by atoms with Crippen molar-refractivity contribution in [2.75, 3.05) is 7.11 Å². The smallest absolute Gasteiger partial charge is 0.303 e. The number of nitrogens with zero attached hydrogens (tertiary/aromatic N) is 1. The van der Waals surface area contributed by atoms with Crippen molar-refractivity contribution in [3.8, 4) is 16.3 Å². The predicted octanol–water partition coefficient (Wildman–Crippen LogP) is 3.49. The first-order valence-electron chi connectivity index (χ1n) is 5.60. The number of thiazole rings is 1. The molecule has 0 saturated carbocycles. The Kier molecular flexibility index (Phi) is 4.39. The van der Waals surface area contributed by atoms with Gasteiger partial charge in [-0.1, -0.05) is 11.6 Å². The Morgan fingerprint density at radius 2 is 2.32 bits per heavy atom. The van der Waals surface area contributed by atoms with Gasteiger partial charge in [-0.3, -0.25) is 4.79 Å². The van der Waals surface area contributed by atoms with Gasteiger partial charge >= 0.3 is 5.97 Å². The number of carboxylic acid groups (broad SMARTS) is 1. The van der Waals surface area contributed by atoms with E-state index in [2.05, 4.69) is 4.98 Å². The van der Waals surface area contributed by atoms with E-state index in [-0.39, 0.29) is 6.42 Å². The molecule has 1 aromatic heterocycles. The predicted molar refractivity (Wildman–Crippen MR) is 75.1 cm³/mol. The monoisotopic (exact) mass is 297 g/mol. The Bertz CT molecular complexity index is 597. The molecule has 0 bridgehead atoms. The van der Waals surface area contributed by atoms with Crippen molar-refractivity contribution in [1.82, 2.24) is 4.98 Å². The highest BCUT2D eigenvalue weighted by Crippen LogP contribution is 2.34. The highest BCUT2D eigenvalue weighted by atomic mass is 35.5. The number of ether oxygens (including phenoxy) is 1. The van der Waals surface area contributed by atoms with Crippen LogP contribution in [0.25, 0.3) is 10.6 Å². The number of halogens is 1. The summed E-state index contributed by atoms with van der Waals surface area (Å²) in [6.45, 7) is 0. The Labute approximate surface area is 119 Å². The Morgan fingerprint density at radius 1 is 1.53 bits per heavy atom. The summed E-state index contributed by atoms with van der Waals surface area (Å²) in [5.41, 5.74) is 1.64. The zero-order chi connectivity index (χ0) is 13.8. The molecule has 19 heavy (non-hydrogen) atoms. The molecule has 1 heterocycles. The van der Waals surface area contributed by atoms with Crippen LogP contribution in [0.5, 0.6) is 5.75 Å². The number of rotatable bonds is 5. The summed E-state index contributed by atoms with van der Waals surface area (Å²) in [6.07, 6.45) is 0.517. The van der Waals surface area contributed by atoms with Gasteiger partial charge in [-0.05, 0) is 18.2 Å². The molecule has 2 aromatic rings. The van der Waals surface area contributed by atoms with Crippen LogP contribution in [-0.4, -0.2) is 23.2 Å². The van der Waals surface area contributed by atoms with E-state index >= 15 is 0 Å². The maximum atomic E-state index is 10.5. The third-order valence-corrected chi connectivity index (χ3v) is 3.70. The number of aliphatic carboxylic acids is 1. The van der Waals surface area contributed by atoms with Gasteiger partial charge < -0.3 is 9.84 Å². The van der Waals surface area contributed by atoms with E-state index in [1.165, 1.54) is 11.3 Å². The molecule has 1 aromatic carbocycles. The molecule has 0 amide bonds. The van der Waals surface area contributed by atoms with Crippen LogP contribution in [0, 0.1) is 0 Å². The van der Waals surface area contributed by atoms with Crippen molar-refractivity contribution in [2.24, 2.45) is 0 Å². The molecule has 0 atom stereocenters. The third-order valence-electron chi connectivity index (χ3n) is 2.54. The number of methoxy groups -OCH3 is 1. The summed E-state index contributed by atoms with van der Waals surface area (Å²) in [5.74, 6) is -0.162. The first kappa shape index (κ1) is 13.8. The van der Waals surface area contributed by atoms with Crippen LogP contribution in [0.1, 0.15) is 12.1 Å². The van der Waals surface area contributed by atoms with Crippen LogP contribution in [0.4, 0.5) is 0 Å². The van der Waals surface area contributed by atoms with Crippen LogP contribution in [-0.2, 0) is 11.2 Å². The average Bonchev–Trinajstić information content (AvgIpc) is 2.84. The topological polar surface area (TPSA) is 59.4 Å². The number of benzene rings is 1. The van der Waals surface area contributed by atoms with Crippen LogP contribution in [0.3, 0.4) is 0 Å². The SMILES string of the molecule is COc1cc(Cl)ccc1-c1nc(CCC(=O)O)cs1. The molecular formula is C13H12ClNO3S.